The minimum Gasteiger partial charge on any atom is -0.349 e. The Morgan fingerprint density at radius 3 is 2.67 bits per heavy atom. The van der Waals surface area contributed by atoms with Gasteiger partial charge in [-0.3, -0.25) is 4.79 Å². The molecule has 1 N–H and O–H groups in total. The van der Waals surface area contributed by atoms with Gasteiger partial charge in [0.25, 0.3) is 0 Å². The molecule has 0 spiro atoms. The third kappa shape index (κ3) is 4.32. The summed E-state index contributed by atoms with van der Waals surface area (Å²) in [5, 5.41) is 4.59. The zero-order chi connectivity index (χ0) is 15.5. The molecular weight excluding hydrogens is 299 g/mol. The van der Waals surface area contributed by atoms with E-state index in [1.807, 2.05) is 17.5 Å². The topological polar surface area (TPSA) is 29.1 Å². The molecule has 21 heavy (non-hydrogen) atoms. The van der Waals surface area contributed by atoms with Crippen LogP contribution in [0.3, 0.4) is 0 Å². The third-order valence-corrected chi connectivity index (χ3v) is 3.88. The highest BCUT2D eigenvalue weighted by atomic mass is 32.1. The summed E-state index contributed by atoms with van der Waals surface area (Å²) in [6.45, 7) is 1.67. The predicted molar refractivity (Wildman–Crippen MR) is 76.0 cm³/mol. The van der Waals surface area contributed by atoms with E-state index >= 15 is 0 Å². The van der Waals surface area contributed by atoms with Crippen molar-refractivity contribution in [2.45, 2.75) is 25.6 Å². The minimum atomic E-state index is -4.38. The lowest BCUT2D eigenvalue weighted by Crippen LogP contribution is -2.28. The Morgan fingerprint density at radius 1 is 1.29 bits per heavy atom. The molecule has 6 heteroatoms. The molecule has 0 saturated heterocycles. The number of carbonyl (C=O) groups is 1. The highest BCUT2D eigenvalue weighted by molar-refractivity contribution is 7.10. The van der Waals surface area contributed by atoms with Gasteiger partial charge in [-0.1, -0.05) is 18.2 Å². The first kappa shape index (κ1) is 15.6. The molecular formula is C15H14F3NOS. The Morgan fingerprint density at radius 2 is 2.05 bits per heavy atom. The van der Waals surface area contributed by atoms with E-state index in [1.54, 1.807) is 13.0 Å². The average Bonchev–Trinajstić information content (AvgIpc) is 2.90. The van der Waals surface area contributed by atoms with Gasteiger partial charge in [0, 0.05) is 4.88 Å². The second kappa shape index (κ2) is 6.30. The number of nitrogens with one attached hydrogen (secondary N) is 1. The van der Waals surface area contributed by atoms with Gasteiger partial charge < -0.3 is 5.32 Å². The van der Waals surface area contributed by atoms with Crippen LogP contribution in [-0.4, -0.2) is 5.91 Å². The number of thiophene rings is 1. The van der Waals surface area contributed by atoms with Crippen LogP contribution in [0.25, 0.3) is 0 Å². The Labute approximate surface area is 124 Å². The fourth-order valence-corrected chi connectivity index (χ4v) is 2.64. The molecule has 2 aromatic rings. The molecule has 0 aliphatic carbocycles. The van der Waals surface area contributed by atoms with Crippen molar-refractivity contribution in [2.75, 3.05) is 0 Å². The van der Waals surface area contributed by atoms with Crippen molar-refractivity contribution < 1.29 is 18.0 Å². The van der Waals surface area contributed by atoms with Gasteiger partial charge >= 0.3 is 6.18 Å². The van der Waals surface area contributed by atoms with Gasteiger partial charge in [0.15, 0.2) is 0 Å². The number of amides is 1. The van der Waals surface area contributed by atoms with Crippen molar-refractivity contribution in [3.05, 3.63) is 57.8 Å². The summed E-state index contributed by atoms with van der Waals surface area (Å²) in [7, 11) is 0. The zero-order valence-corrected chi connectivity index (χ0v) is 12.1. The molecule has 2 rings (SSSR count). The van der Waals surface area contributed by atoms with Crippen molar-refractivity contribution in [3.63, 3.8) is 0 Å². The molecule has 0 radical (unpaired) electrons. The minimum absolute atomic E-state index is 0.206. The first-order valence-corrected chi connectivity index (χ1v) is 7.23. The van der Waals surface area contributed by atoms with Gasteiger partial charge in [0.05, 0.1) is 18.0 Å². The van der Waals surface area contributed by atoms with Crippen LogP contribution < -0.4 is 5.32 Å². The number of hydrogen-bond donors (Lipinski definition) is 1. The molecule has 0 fully saturated rings. The maximum atomic E-state index is 12.7. The largest absolute Gasteiger partial charge is 0.416 e. The Kier molecular flexibility index (Phi) is 4.67. The summed E-state index contributed by atoms with van der Waals surface area (Å²) in [6, 6.07) is 8.23. The summed E-state index contributed by atoms with van der Waals surface area (Å²) in [5.41, 5.74) is -0.274. The Bertz CT molecular complexity index is 608. The zero-order valence-electron chi connectivity index (χ0n) is 11.3. The maximum absolute atomic E-state index is 12.7. The normalized spacial score (nSPS) is 13.0. The summed E-state index contributed by atoms with van der Waals surface area (Å²) in [6.07, 6.45) is -4.14. The van der Waals surface area contributed by atoms with E-state index in [0.29, 0.717) is 5.56 Å². The first-order valence-electron chi connectivity index (χ1n) is 6.35. The van der Waals surface area contributed by atoms with Crippen LogP contribution in [0.1, 0.15) is 29.0 Å². The summed E-state index contributed by atoms with van der Waals surface area (Å²) in [5.74, 6) is -0.206. The molecule has 1 amide bonds. The maximum Gasteiger partial charge on any atom is 0.416 e. The SMILES string of the molecule is C[C@@H](NC(=O)Cc1cccs1)c1cccc(C(F)(F)F)c1. The van der Waals surface area contributed by atoms with Crippen LogP contribution in [0, 0.1) is 0 Å². The molecule has 0 saturated carbocycles. The Hall–Kier alpha value is -1.82. The number of halogens is 3. The van der Waals surface area contributed by atoms with E-state index in [1.165, 1.54) is 17.4 Å². The molecule has 1 heterocycles. The lowest BCUT2D eigenvalue weighted by atomic mass is 10.0. The molecule has 1 aromatic heterocycles. The highest BCUT2D eigenvalue weighted by Gasteiger charge is 2.30. The summed E-state index contributed by atoms with van der Waals surface area (Å²) < 4.78 is 38.0. The fourth-order valence-electron chi connectivity index (χ4n) is 1.93. The standard InChI is InChI=1S/C15H14F3NOS/c1-10(19-14(20)9-13-6-3-7-21-13)11-4-2-5-12(8-11)15(16,17)18/h2-8,10H,9H2,1H3,(H,19,20)/t10-/m1/s1. The predicted octanol–water partition coefficient (Wildman–Crippen LogP) is 4.19. The monoisotopic (exact) mass is 313 g/mol. The summed E-state index contributed by atoms with van der Waals surface area (Å²) in [4.78, 5) is 12.8. The van der Waals surface area contributed by atoms with Crippen molar-refractivity contribution >= 4 is 17.2 Å². The molecule has 2 nitrogen and oxygen atoms in total. The molecule has 1 aromatic carbocycles. The van der Waals surface area contributed by atoms with E-state index < -0.39 is 17.8 Å². The second-order valence-corrected chi connectivity index (χ2v) is 5.70. The molecule has 0 bridgehead atoms. The van der Waals surface area contributed by atoms with Gasteiger partial charge in [0.1, 0.15) is 0 Å². The number of rotatable bonds is 4. The molecule has 1 atom stereocenters. The van der Waals surface area contributed by atoms with Crippen LogP contribution in [-0.2, 0) is 17.4 Å². The van der Waals surface area contributed by atoms with Gasteiger partial charge in [-0.2, -0.15) is 13.2 Å². The van der Waals surface area contributed by atoms with Crippen LogP contribution in [0.5, 0.6) is 0 Å². The van der Waals surface area contributed by atoms with Gasteiger partial charge in [0.2, 0.25) is 5.91 Å². The molecule has 0 unspecified atom stereocenters. The molecule has 112 valence electrons. The first-order chi connectivity index (χ1) is 9.86. The second-order valence-electron chi connectivity index (χ2n) is 4.67. The van der Waals surface area contributed by atoms with E-state index in [-0.39, 0.29) is 12.3 Å². The van der Waals surface area contributed by atoms with Crippen molar-refractivity contribution in [2.24, 2.45) is 0 Å². The third-order valence-electron chi connectivity index (χ3n) is 3.01. The highest BCUT2D eigenvalue weighted by Crippen LogP contribution is 2.30. The summed E-state index contributed by atoms with van der Waals surface area (Å²) >= 11 is 1.47. The quantitative estimate of drug-likeness (QED) is 0.901. The van der Waals surface area contributed by atoms with Crippen LogP contribution in [0.2, 0.25) is 0 Å². The number of carbonyl (C=O) groups excluding carboxylic acids is 1. The number of hydrogen-bond acceptors (Lipinski definition) is 2. The average molecular weight is 313 g/mol. The van der Waals surface area contributed by atoms with Crippen molar-refractivity contribution in [1.29, 1.82) is 0 Å². The van der Waals surface area contributed by atoms with Crippen molar-refractivity contribution in [1.82, 2.24) is 5.32 Å². The van der Waals surface area contributed by atoms with E-state index in [2.05, 4.69) is 5.32 Å². The van der Waals surface area contributed by atoms with E-state index in [4.69, 9.17) is 0 Å². The van der Waals surface area contributed by atoms with Crippen molar-refractivity contribution in [3.8, 4) is 0 Å². The molecule has 0 aliphatic heterocycles. The fraction of sp³-hybridized carbons (Fsp3) is 0.267. The smallest absolute Gasteiger partial charge is 0.349 e. The number of benzene rings is 1. The van der Waals surface area contributed by atoms with Gasteiger partial charge in [-0.25, -0.2) is 0 Å². The van der Waals surface area contributed by atoms with Gasteiger partial charge in [-0.15, -0.1) is 11.3 Å². The van der Waals surface area contributed by atoms with Gasteiger partial charge in [-0.05, 0) is 36.1 Å². The van der Waals surface area contributed by atoms with E-state index in [9.17, 15) is 18.0 Å². The van der Waals surface area contributed by atoms with E-state index in [0.717, 1.165) is 17.0 Å². The number of alkyl halides is 3. The van der Waals surface area contributed by atoms with Crippen LogP contribution >= 0.6 is 11.3 Å². The molecule has 0 aliphatic rings. The lowest BCUT2D eigenvalue weighted by Gasteiger charge is -2.16. The Balaban J connectivity index is 2.03. The lowest BCUT2D eigenvalue weighted by molar-refractivity contribution is -0.137. The van der Waals surface area contributed by atoms with Crippen LogP contribution in [0.15, 0.2) is 41.8 Å². The van der Waals surface area contributed by atoms with Crippen LogP contribution in [0.4, 0.5) is 13.2 Å².